The molecule has 0 aromatic heterocycles. The number of carbonyl (C=O) groups excluding carboxylic acids is 1. The monoisotopic (exact) mass is 342 g/mol. The van der Waals surface area contributed by atoms with E-state index in [1.54, 1.807) is 30.3 Å². The van der Waals surface area contributed by atoms with Crippen molar-refractivity contribution in [1.29, 1.82) is 0 Å². The van der Waals surface area contributed by atoms with Crippen LogP contribution >= 0.6 is 0 Å². The van der Waals surface area contributed by atoms with Gasteiger partial charge in [-0.1, -0.05) is 12.1 Å². The van der Waals surface area contributed by atoms with Gasteiger partial charge in [-0.25, -0.2) is 5.43 Å². The summed E-state index contributed by atoms with van der Waals surface area (Å²) >= 11 is 0. The summed E-state index contributed by atoms with van der Waals surface area (Å²) in [5, 5.41) is 13.6. The Labute approximate surface area is 144 Å². The first-order chi connectivity index (χ1) is 12.2. The molecule has 0 saturated heterocycles. The summed E-state index contributed by atoms with van der Waals surface area (Å²) in [5.41, 5.74) is 3.09. The normalized spacial score (nSPS) is 15.8. The Morgan fingerprint density at radius 3 is 2.96 bits per heavy atom. The molecule has 7 heteroatoms. The predicted octanol–water partition coefficient (Wildman–Crippen LogP) is 2.08. The van der Waals surface area contributed by atoms with E-state index in [0.717, 1.165) is 0 Å². The van der Waals surface area contributed by atoms with Gasteiger partial charge in [0, 0.05) is 0 Å². The SMILES string of the molecule is CCOc1cc(/C=N/NC(=O)[C@H]2COc3ccccc3O2)ccc1O. The number of fused-ring (bicyclic) bond motifs is 1. The van der Waals surface area contributed by atoms with Crippen LogP contribution in [-0.2, 0) is 4.79 Å². The van der Waals surface area contributed by atoms with Crippen LogP contribution in [-0.4, -0.2) is 36.5 Å². The number of hydrogen-bond donors (Lipinski definition) is 2. The number of aromatic hydroxyl groups is 1. The van der Waals surface area contributed by atoms with E-state index < -0.39 is 12.0 Å². The number of benzene rings is 2. The molecule has 0 saturated carbocycles. The van der Waals surface area contributed by atoms with Gasteiger partial charge in [-0.2, -0.15) is 5.10 Å². The summed E-state index contributed by atoms with van der Waals surface area (Å²) in [7, 11) is 0. The molecule has 0 fully saturated rings. The highest BCUT2D eigenvalue weighted by Gasteiger charge is 2.26. The number of nitrogens with zero attached hydrogens (tertiary/aromatic N) is 1. The second kappa shape index (κ2) is 7.57. The number of phenols is 1. The van der Waals surface area contributed by atoms with E-state index in [1.807, 2.05) is 13.0 Å². The maximum Gasteiger partial charge on any atom is 0.284 e. The molecule has 25 heavy (non-hydrogen) atoms. The highest BCUT2D eigenvalue weighted by molar-refractivity contribution is 5.85. The lowest BCUT2D eigenvalue weighted by Crippen LogP contribution is -2.42. The van der Waals surface area contributed by atoms with E-state index in [2.05, 4.69) is 10.5 Å². The Balaban J connectivity index is 1.59. The molecule has 0 spiro atoms. The van der Waals surface area contributed by atoms with Gasteiger partial charge in [0.25, 0.3) is 5.91 Å². The van der Waals surface area contributed by atoms with Crippen LogP contribution in [0.4, 0.5) is 0 Å². The third-order valence-corrected chi connectivity index (χ3v) is 3.47. The molecule has 1 aliphatic rings. The summed E-state index contributed by atoms with van der Waals surface area (Å²) in [4.78, 5) is 12.1. The van der Waals surface area contributed by atoms with Crippen molar-refractivity contribution < 1.29 is 24.1 Å². The number of hydrazone groups is 1. The first-order valence-corrected chi connectivity index (χ1v) is 7.84. The van der Waals surface area contributed by atoms with Crippen molar-refractivity contribution in [3.8, 4) is 23.0 Å². The number of para-hydroxylation sites is 2. The van der Waals surface area contributed by atoms with Crippen molar-refractivity contribution >= 4 is 12.1 Å². The average Bonchev–Trinajstić information content (AvgIpc) is 2.64. The van der Waals surface area contributed by atoms with Gasteiger partial charge in [0.2, 0.25) is 6.10 Å². The summed E-state index contributed by atoms with van der Waals surface area (Å²) in [5.74, 6) is 1.14. The minimum absolute atomic E-state index is 0.0504. The van der Waals surface area contributed by atoms with Gasteiger partial charge in [0.1, 0.15) is 6.61 Å². The zero-order valence-corrected chi connectivity index (χ0v) is 13.6. The quantitative estimate of drug-likeness (QED) is 0.641. The lowest BCUT2D eigenvalue weighted by Gasteiger charge is -2.24. The van der Waals surface area contributed by atoms with E-state index in [4.69, 9.17) is 14.2 Å². The lowest BCUT2D eigenvalue weighted by atomic mass is 10.2. The summed E-state index contributed by atoms with van der Waals surface area (Å²) < 4.78 is 16.4. The minimum atomic E-state index is -0.772. The average molecular weight is 342 g/mol. The fourth-order valence-corrected chi connectivity index (χ4v) is 2.27. The van der Waals surface area contributed by atoms with Crippen molar-refractivity contribution in [2.75, 3.05) is 13.2 Å². The van der Waals surface area contributed by atoms with Crippen molar-refractivity contribution in [1.82, 2.24) is 5.43 Å². The van der Waals surface area contributed by atoms with E-state index in [0.29, 0.717) is 29.4 Å². The Morgan fingerprint density at radius 2 is 2.16 bits per heavy atom. The number of nitrogens with one attached hydrogen (secondary N) is 1. The maximum absolute atomic E-state index is 12.1. The number of phenolic OH excluding ortho intramolecular Hbond substituents is 1. The summed E-state index contributed by atoms with van der Waals surface area (Å²) in [6, 6.07) is 12.0. The third-order valence-electron chi connectivity index (χ3n) is 3.47. The molecule has 2 aromatic carbocycles. The fourth-order valence-electron chi connectivity index (χ4n) is 2.27. The molecule has 1 atom stereocenters. The molecule has 0 unspecified atom stereocenters. The second-order valence-corrected chi connectivity index (χ2v) is 5.26. The molecular weight excluding hydrogens is 324 g/mol. The van der Waals surface area contributed by atoms with E-state index in [9.17, 15) is 9.90 Å². The summed E-state index contributed by atoms with van der Waals surface area (Å²) in [6.45, 7) is 2.38. The molecule has 7 nitrogen and oxygen atoms in total. The van der Waals surface area contributed by atoms with Gasteiger partial charge >= 0.3 is 0 Å². The maximum atomic E-state index is 12.1. The van der Waals surface area contributed by atoms with Crippen LogP contribution in [0.25, 0.3) is 0 Å². The smallest absolute Gasteiger partial charge is 0.284 e. The second-order valence-electron chi connectivity index (χ2n) is 5.26. The van der Waals surface area contributed by atoms with Crippen LogP contribution < -0.4 is 19.6 Å². The Bertz CT molecular complexity index is 791. The number of amides is 1. The summed E-state index contributed by atoms with van der Waals surface area (Å²) in [6.07, 6.45) is 0.683. The molecule has 0 aliphatic carbocycles. The molecular formula is C18H18N2O5. The number of ether oxygens (including phenoxy) is 3. The number of hydrogen-bond acceptors (Lipinski definition) is 6. The Kier molecular flexibility index (Phi) is 5.03. The first-order valence-electron chi connectivity index (χ1n) is 7.84. The fraction of sp³-hybridized carbons (Fsp3) is 0.222. The molecule has 1 amide bonds. The first kappa shape index (κ1) is 16.6. The van der Waals surface area contributed by atoms with Crippen LogP contribution in [0.1, 0.15) is 12.5 Å². The standard InChI is InChI=1S/C18H18N2O5/c1-2-23-16-9-12(7-8-13(16)21)10-19-20-18(22)17-11-24-14-5-3-4-6-15(14)25-17/h3-10,17,21H,2,11H2,1H3,(H,20,22)/b19-10+/t17-/m1/s1. The van der Waals surface area contributed by atoms with E-state index >= 15 is 0 Å². The molecule has 3 rings (SSSR count). The van der Waals surface area contributed by atoms with E-state index in [-0.39, 0.29) is 12.4 Å². The van der Waals surface area contributed by atoms with Crippen LogP contribution in [0.2, 0.25) is 0 Å². The van der Waals surface area contributed by atoms with Crippen LogP contribution in [0.5, 0.6) is 23.0 Å². The number of rotatable bonds is 5. The van der Waals surface area contributed by atoms with Gasteiger partial charge in [-0.3, -0.25) is 4.79 Å². The van der Waals surface area contributed by atoms with Crippen molar-refractivity contribution in [3.05, 3.63) is 48.0 Å². The highest BCUT2D eigenvalue weighted by Crippen LogP contribution is 2.30. The van der Waals surface area contributed by atoms with Crippen LogP contribution in [0.3, 0.4) is 0 Å². The molecule has 0 radical (unpaired) electrons. The highest BCUT2D eigenvalue weighted by atomic mass is 16.6. The minimum Gasteiger partial charge on any atom is -0.504 e. The topological polar surface area (TPSA) is 89.4 Å². The van der Waals surface area contributed by atoms with Gasteiger partial charge in [0.15, 0.2) is 23.0 Å². The Morgan fingerprint density at radius 1 is 1.36 bits per heavy atom. The molecule has 130 valence electrons. The Hall–Kier alpha value is -3.22. The van der Waals surface area contributed by atoms with Crippen LogP contribution in [0, 0.1) is 0 Å². The molecule has 1 heterocycles. The van der Waals surface area contributed by atoms with E-state index in [1.165, 1.54) is 12.3 Å². The molecule has 2 aromatic rings. The molecule has 0 bridgehead atoms. The van der Waals surface area contributed by atoms with Crippen molar-refractivity contribution in [3.63, 3.8) is 0 Å². The zero-order chi connectivity index (χ0) is 17.6. The van der Waals surface area contributed by atoms with Gasteiger partial charge in [0.05, 0.1) is 12.8 Å². The largest absolute Gasteiger partial charge is 0.504 e. The molecule has 2 N–H and O–H groups in total. The van der Waals surface area contributed by atoms with Crippen molar-refractivity contribution in [2.24, 2.45) is 5.10 Å². The third kappa shape index (κ3) is 4.00. The van der Waals surface area contributed by atoms with Gasteiger partial charge in [-0.15, -0.1) is 0 Å². The van der Waals surface area contributed by atoms with Gasteiger partial charge in [-0.05, 0) is 42.8 Å². The van der Waals surface area contributed by atoms with Crippen LogP contribution in [0.15, 0.2) is 47.6 Å². The number of carbonyl (C=O) groups is 1. The lowest BCUT2D eigenvalue weighted by molar-refractivity contribution is -0.130. The predicted molar refractivity (Wildman–Crippen MR) is 91.4 cm³/mol. The van der Waals surface area contributed by atoms with Gasteiger partial charge < -0.3 is 19.3 Å². The zero-order valence-electron chi connectivity index (χ0n) is 13.6. The molecule has 1 aliphatic heterocycles. The van der Waals surface area contributed by atoms with Crippen molar-refractivity contribution in [2.45, 2.75) is 13.0 Å².